The van der Waals surface area contributed by atoms with E-state index in [4.69, 9.17) is 0 Å². The summed E-state index contributed by atoms with van der Waals surface area (Å²) in [6.45, 7) is 1.65. The highest BCUT2D eigenvalue weighted by Gasteiger charge is 2.33. The van der Waals surface area contributed by atoms with Crippen molar-refractivity contribution in [3.63, 3.8) is 0 Å². The van der Waals surface area contributed by atoms with E-state index in [9.17, 15) is 9.59 Å². The van der Waals surface area contributed by atoms with Crippen LogP contribution in [0.5, 0.6) is 0 Å². The zero-order chi connectivity index (χ0) is 13.2. The number of carbonyl (C=O) groups is 2. The van der Waals surface area contributed by atoms with Crippen LogP contribution in [-0.4, -0.2) is 35.8 Å². The lowest BCUT2D eigenvalue weighted by molar-refractivity contribution is -0.136. The number of carbonyl (C=O) groups excluding carboxylic acids is 2. The van der Waals surface area contributed by atoms with Crippen LogP contribution in [-0.2, 0) is 9.59 Å². The summed E-state index contributed by atoms with van der Waals surface area (Å²) in [5, 5.41) is 3.13. The van der Waals surface area contributed by atoms with E-state index in [1.807, 2.05) is 4.90 Å². The van der Waals surface area contributed by atoms with E-state index in [2.05, 4.69) is 5.32 Å². The molecule has 0 spiro atoms. The first-order chi connectivity index (χ1) is 9.24. The molecule has 4 nitrogen and oxygen atoms in total. The Morgan fingerprint density at radius 2 is 1.47 bits per heavy atom. The predicted molar refractivity (Wildman–Crippen MR) is 72.4 cm³/mol. The highest BCUT2D eigenvalue weighted by Crippen LogP contribution is 2.30. The van der Waals surface area contributed by atoms with Gasteiger partial charge < -0.3 is 10.2 Å². The highest BCUT2D eigenvalue weighted by atomic mass is 16.2. The van der Waals surface area contributed by atoms with E-state index in [0.29, 0.717) is 11.9 Å². The van der Waals surface area contributed by atoms with Crippen LogP contribution in [0.3, 0.4) is 0 Å². The Kier molecular flexibility index (Phi) is 3.76. The van der Waals surface area contributed by atoms with E-state index in [1.165, 1.54) is 12.8 Å². The molecule has 1 N–H and O–H groups in total. The minimum atomic E-state index is 0.237. The predicted octanol–water partition coefficient (Wildman–Crippen LogP) is 1.69. The molecule has 0 aromatic carbocycles. The first-order valence-corrected chi connectivity index (χ1v) is 7.83. The fourth-order valence-corrected chi connectivity index (χ4v) is 3.34. The Balaban J connectivity index is 1.43. The number of likely N-dealkylation sites (tertiary alicyclic amines) is 1. The van der Waals surface area contributed by atoms with Gasteiger partial charge in [-0.25, -0.2) is 0 Å². The van der Waals surface area contributed by atoms with Crippen molar-refractivity contribution in [3.05, 3.63) is 0 Å². The molecule has 1 heterocycles. The summed E-state index contributed by atoms with van der Waals surface area (Å²) in [5.74, 6) is 1.18. The summed E-state index contributed by atoms with van der Waals surface area (Å²) in [6, 6.07) is 0.292. The van der Waals surface area contributed by atoms with E-state index in [1.54, 1.807) is 0 Å². The Morgan fingerprint density at radius 3 is 2.05 bits per heavy atom. The molecule has 0 atom stereocenters. The van der Waals surface area contributed by atoms with Crippen LogP contribution in [0.4, 0.5) is 0 Å². The second-order valence-corrected chi connectivity index (χ2v) is 6.36. The van der Waals surface area contributed by atoms with Crippen molar-refractivity contribution >= 4 is 11.8 Å². The quantitative estimate of drug-likeness (QED) is 0.843. The molecule has 2 aliphatic carbocycles. The van der Waals surface area contributed by atoms with Crippen molar-refractivity contribution in [2.45, 2.75) is 57.4 Å². The molecule has 1 aliphatic heterocycles. The molecule has 3 fully saturated rings. The third-order valence-corrected chi connectivity index (χ3v) is 4.81. The van der Waals surface area contributed by atoms with Gasteiger partial charge in [0.15, 0.2) is 0 Å². The second kappa shape index (κ2) is 5.51. The maximum Gasteiger partial charge on any atom is 0.225 e. The van der Waals surface area contributed by atoms with Crippen molar-refractivity contribution in [2.24, 2.45) is 11.8 Å². The maximum absolute atomic E-state index is 12.3. The molecule has 0 bridgehead atoms. The van der Waals surface area contributed by atoms with Crippen molar-refractivity contribution in [2.75, 3.05) is 13.1 Å². The van der Waals surface area contributed by atoms with Crippen molar-refractivity contribution in [1.29, 1.82) is 0 Å². The van der Waals surface area contributed by atoms with Gasteiger partial charge in [0.25, 0.3) is 0 Å². The summed E-state index contributed by atoms with van der Waals surface area (Å²) in [5.41, 5.74) is 0. The molecule has 0 radical (unpaired) electrons. The van der Waals surface area contributed by atoms with Crippen LogP contribution in [0.1, 0.15) is 51.4 Å². The Morgan fingerprint density at radius 1 is 0.842 bits per heavy atom. The van der Waals surface area contributed by atoms with Crippen molar-refractivity contribution in [1.82, 2.24) is 10.2 Å². The fourth-order valence-electron chi connectivity index (χ4n) is 3.34. The van der Waals surface area contributed by atoms with Crippen LogP contribution < -0.4 is 5.32 Å². The van der Waals surface area contributed by atoms with Crippen LogP contribution >= 0.6 is 0 Å². The van der Waals surface area contributed by atoms with Gasteiger partial charge in [-0.2, -0.15) is 0 Å². The smallest absolute Gasteiger partial charge is 0.225 e. The van der Waals surface area contributed by atoms with Gasteiger partial charge in [-0.05, 0) is 38.5 Å². The van der Waals surface area contributed by atoms with Crippen molar-refractivity contribution < 1.29 is 9.59 Å². The number of nitrogens with one attached hydrogen (secondary N) is 1. The molecule has 3 aliphatic rings. The molecule has 106 valence electrons. The van der Waals surface area contributed by atoms with E-state index in [0.717, 1.165) is 51.6 Å². The molecule has 4 heteroatoms. The monoisotopic (exact) mass is 264 g/mol. The molecular weight excluding hydrogens is 240 g/mol. The van der Waals surface area contributed by atoms with Gasteiger partial charge in [-0.15, -0.1) is 0 Å². The standard InChI is InChI=1S/C15H24N2O2/c18-14(11-5-6-11)16-13-7-9-17(10-8-13)15(19)12-3-1-2-4-12/h11-13H,1-10H2,(H,16,18). The van der Waals surface area contributed by atoms with Crippen LogP contribution in [0, 0.1) is 11.8 Å². The van der Waals surface area contributed by atoms with Crippen LogP contribution in [0.15, 0.2) is 0 Å². The summed E-state index contributed by atoms with van der Waals surface area (Å²) >= 11 is 0. The molecule has 0 unspecified atom stereocenters. The fraction of sp³-hybridized carbons (Fsp3) is 0.867. The maximum atomic E-state index is 12.3. The second-order valence-electron chi connectivity index (χ2n) is 6.36. The Labute approximate surface area is 114 Å². The van der Waals surface area contributed by atoms with E-state index < -0.39 is 0 Å². The molecular formula is C15H24N2O2. The third-order valence-electron chi connectivity index (χ3n) is 4.81. The first kappa shape index (κ1) is 12.9. The molecule has 0 aromatic rings. The van der Waals surface area contributed by atoms with Gasteiger partial charge in [0.05, 0.1) is 0 Å². The van der Waals surface area contributed by atoms with Gasteiger partial charge in [-0.3, -0.25) is 9.59 Å². The lowest BCUT2D eigenvalue weighted by Crippen LogP contribution is -2.48. The minimum Gasteiger partial charge on any atom is -0.353 e. The average Bonchev–Trinajstić information content (AvgIpc) is 3.14. The summed E-state index contributed by atoms with van der Waals surface area (Å²) < 4.78 is 0. The zero-order valence-corrected chi connectivity index (χ0v) is 11.6. The SMILES string of the molecule is O=C(NC1CCN(C(=O)C2CCCC2)CC1)C1CC1. The number of piperidine rings is 1. The van der Waals surface area contributed by atoms with E-state index >= 15 is 0 Å². The van der Waals surface area contributed by atoms with Crippen LogP contribution in [0.2, 0.25) is 0 Å². The third kappa shape index (κ3) is 3.10. The van der Waals surface area contributed by atoms with Crippen molar-refractivity contribution in [3.8, 4) is 0 Å². The lowest BCUT2D eigenvalue weighted by Gasteiger charge is -2.34. The summed E-state index contributed by atoms with van der Waals surface area (Å²) in [6.07, 6.45) is 8.56. The lowest BCUT2D eigenvalue weighted by atomic mass is 10.0. The number of rotatable bonds is 3. The first-order valence-electron chi connectivity index (χ1n) is 7.83. The average molecular weight is 264 g/mol. The Hall–Kier alpha value is -1.06. The summed E-state index contributed by atoms with van der Waals surface area (Å²) in [4.78, 5) is 26.0. The highest BCUT2D eigenvalue weighted by molar-refractivity contribution is 5.81. The Bertz CT molecular complexity index is 351. The van der Waals surface area contributed by atoms with Crippen LogP contribution in [0.25, 0.3) is 0 Å². The minimum absolute atomic E-state index is 0.237. The molecule has 3 rings (SSSR count). The molecule has 0 aromatic heterocycles. The summed E-state index contributed by atoms with van der Waals surface area (Å²) in [7, 11) is 0. The number of amides is 2. The molecule has 2 amide bonds. The molecule has 1 saturated heterocycles. The molecule has 19 heavy (non-hydrogen) atoms. The normalized spacial score (nSPS) is 25.6. The largest absolute Gasteiger partial charge is 0.353 e. The number of hydrogen-bond acceptors (Lipinski definition) is 2. The zero-order valence-electron chi connectivity index (χ0n) is 11.6. The number of nitrogens with zero attached hydrogens (tertiary/aromatic N) is 1. The van der Waals surface area contributed by atoms with Gasteiger partial charge in [0.2, 0.25) is 11.8 Å². The van der Waals surface area contributed by atoms with Gasteiger partial charge in [-0.1, -0.05) is 12.8 Å². The number of hydrogen-bond donors (Lipinski definition) is 1. The topological polar surface area (TPSA) is 49.4 Å². The van der Waals surface area contributed by atoms with E-state index in [-0.39, 0.29) is 17.7 Å². The van der Waals surface area contributed by atoms with Gasteiger partial charge in [0.1, 0.15) is 0 Å². The molecule has 2 saturated carbocycles. The van der Waals surface area contributed by atoms with Gasteiger partial charge in [0, 0.05) is 31.0 Å². The van der Waals surface area contributed by atoms with Gasteiger partial charge >= 0.3 is 0 Å².